The molecule has 3 aromatic rings. The Kier molecular flexibility index (Phi) is 5.60. The molecule has 0 bridgehead atoms. The minimum absolute atomic E-state index is 0.151. The van der Waals surface area contributed by atoms with Gasteiger partial charge in [-0.3, -0.25) is 5.32 Å². The third-order valence-electron chi connectivity index (χ3n) is 4.24. The summed E-state index contributed by atoms with van der Waals surface area (Å²) in [5.74, 6) is 0. The number of rotatable bonds is 7. The van der Waals surface area contributed by atoms with Gasteiger partial charge in [0.05, 0.1) is 6.04 Å². The normalized spacial score (nSPS) is 12.0. The molecule has 3 aromatic carbocycles. The van der Waals surface area contributed by atoms with Gasteiger partial charge in [-0.05, 0) is 23.1 Å². The molecule has 0 heterocycles. The quantitative estimate of drug-likeness (QED) is 0.553. The molecule has 0 aliphatic rings. The number of benzene rings is 3. The molecule has 0 saturated carbocycles. The zero-order valence-electron chi connectivity index (χ0n) is 13.8. The van der Waals surface area contributed by atoms with Crippen LogP contribution in [0.2, 0.25) is 0 Å². The van der Waals surface area contributed by atoms with Crippen LogP contribution in [0.4, 0.5) is 0 Å². The molecule has 1 N–H and O–H groups in total. The highest BCUT2D eigenvalue weighted by Crippen LogP contribution is 2.27. The monoisotopic (exact) mass is 313 g/mol. The summed E-state index contributed by atoms with van der Waals surface area (Å²) in [6.45, 7) is 3.94. The molecule has 3 rings (SSSR count). The summed E-state index contributed by atoms with van der Waals surface area (Å²) in [4.78, 5) is 0. The van der Waals surface area contributed by atoms with Crippen LogP contribution >= 0.6 is 0 Å². The van der Waals surface area contributed by atoms with Crippen molar-refractivity contribution in [3.63, 3.8) is 0 Å². The molecule has 0 aliphatic carbocycles. The molecule has 0 amide bonds. The fourth-order valence-corrected chi connectivity index (χ4v) is 3.03. The molecule has 0 fully saturated rings. The highest BCUT2D eigenvalue weighted by Gasteiger charge is 2.19. The Labute approximate surface area is 144 Å². The van der Waals surface area contributed by atoms with E-state index in [0.717, 1.165) is 6.42 Å². The van der Waals surface area contributed by atoms with Crippen molar-refractivity contribution in [1.29, 1.82) is 0 Å². The van der Waals surface area contributed by atoms with Gasteiger partial charge in [-0.1, -0.05) is 97.1 Å². The molecule has 0 spiro atoms. The van der Waals surface area contributed by atoms with Gasteiger partial charge in [0, 0.05) is 6.04 Å². The zero-order valence-corrected chi connectivity index (χ0v) is 13.8. The Hall–Kier alpha value is -2.64. The predicted octanol–water partition coefficient (Wildman–Crippen LogP) is 5.68. The van der Waals surface area contributed by atoms with Crippen LogP contribution in [0.1, 0.15) is 35.2 Å². The van der Waals surface area contributed by atoms with Crippen LogP contribution in [0, 0.1) is 0 Å². The molecule has 0 aromatic heterocycles. The Morgan fingerprint density at radius 1 is 0.667 bits per heavy atom. The molecule has 1 nitrogen and oxygen atoms in total. The van der Waals surface area contributed by atoms with E-state index in [2.05, 4.69) is 103 Å². The summed E-state index contributed by atoms with van der Waals surface area (Å²) in [5.41, 5.74) is 3.83. The Bertz CT molecular complexity index is 695. The Balaban J connectivity index is 1.94. The maximum atomic E-state index is 3.94. The summed E-state index contributed by atoms with van der Waals surface area (Å²) < 4.78 is 0. The maximum Gasteiger partial charge on any atom is 0.0581 e. The van der Waals surface area contributed by atoms with Crippen LogP contribution < -0.4 is 5.32 Å². The first-order valence-electron chi connectivity index (χ1n) is 8.40. The fraction of sp³-hybridized carbons (Fsp3) is 0.130. The predicted molar refractivity (Wildman–Crippen MR) is 102 cm³/mol. The van der Waals surface area contributed by atoms with Crippen molar-refractivity contribution >= 4 is 0 Å². The lowest BCUT2D eigenvalue weighted by Gasteiger charge is -2.26. The van der Waals surface area contributed by atoms with E-state index in [1.807, 2.05) is 6.08 Å². The smallest absolute Gasteiger partial charge is 0.0581 e. The summed E-state index contributed by atoms with van der Waals surface area (Å²) >= 11 is 0. The number of hydrogen-bond acceptors (Lipinski definition) is 1. The van der Waals surface area contributed by atoms with Gasteiger partial charge >= 0.3 is 0 Å². The largest absolute Gasteiger partial charge is 0.299 e. The molecule has 24 heavy (non-hydrogen) atoms. The van der Waals surface area contributed by atoms with Crippen LogP contribution in [-0.4, -0.2) is 0 Å². The average Bonchev–Trinajstić information content (AvgIpc) is 2.67. The molecule has 1 atom stereocenters. The van der Waals surface area contributed by atoms with E-state index < -0.39 is 0 Å². The van der Waals surface area contributed by atoms with Crippen LogP contribution in [0.3, 0.4) is 0 Å². The lowest BCUT2D eigenvalue weighted by Crippen LogP contribution is -2.27. The SMILES string of the molecule is C=CCC(NC(c1ccccc1)c1ccccc1)c1ccccc1. The third kappa shape index (κ3) is 4.01. The summed E-state index contributed by atoms with van der Waals surface area (Å²) in [6.07, 6.45) is 2.87. The van der Waals surface area contributed by atoms with Gasteiger partial charge in [0.25, 0.3) is 0 Å². The van der Waals surface area contributed by atoms with E-state index in [1.54, 1.807) is 0 Å². The molecule has 0 radical (unpaired) electrons. The van der Waals surface area contributed by atoms with E-state index in [-0.39, 0.29) is 12.1 Å². The second-order valence-corrected chi connectivity index (χ2v) is 5.91. The zero-order chi connectivity index (χ0) is 16.6. The van der Waals surface area contributed by atoms with Crippen molar-refractivity contribution in [3.05, 3.63) is 120 Å². The van der Waals surface area contributed by atoms with Gasteiger partial charge in [0.1, 0.15) is 0 Å². The van der Waals surface area contributed by atoms with Crippen LogP contribution in [0.25, 0.3) is 0 Å². The molecule has 1 heteroatoms. The molecule has 0 saturated heterocycles. The van der Waals surface area contributed by atoms with Gasteiger partial charge in [-0.15, -0.1) is 6.58 Å². The standard InChI is InChI=1S/C23H23N/c1-2-12-22(19-13-6-3-7-14-19)24-23(20-15-8-4-9-16-20)21-17-10-5-11-18-21/h2-11,13-18,22-24H,1,12H2. The van der Waals surface area contributed by atoms with E-state index in [9.17, 15) is 0 Å². The molecule has 120 valence electrons. The van der Waals surface area contributed by atoms with Crippen molar-refractivity contribution in [2.75, 3.05) is 0 Å². The maximum absolute atomic E-state index is 3.94. The second kappa shape index (κ2) is 8.28. The van der Waals surface area contributed by atoms with Gasteiger partial charge in [0.15, 0.2) is 0 Å². The van der Waals surface area contributed by atoms with Gasteiger partial charge in [-0.2, -0.15) is 0 Å². The second-order valence-electron chi connectivity index (χ2n) is 5.91. The molecular formula is C23H23N. The lowest BCUT2D eigenvalue weighted by atomic mass is 9.95. The topological polar surface area (TPSA) is 12.0 Å². The molecular weight excluding hydrogens is 290 g/mol. The number of nitrogens with one attached hydrogen (secondary N) is 1. The van der Waals surface area contributed by atoms with E-state index in [0.29, 0.717) is 0 Å². The van der Waals surface area contributed by atoms with Crippen molar-refractivity contribution in [2.24, 2.45) is 0 Å². The first kappa shape index (κ1) is 16.2. The van der Waals surface area contributed by atoms with Crippen LogP contribution in [0.15, 0.2) is 104 Å². The van der Waals surface area contributed by atoms with Crippen molar-refractivity contribution < 1.29 is 0 Å². The highest BCUT2D eigenvalue weighted by molar-refractivity contribution is 5.32. The fourth-order valence-electron chi connectivity index (χ4n) is 3.03. The van der Waals surface area contributed by atoms with E-state index in [4.69, 9.17) is 0 Å². The van der Waals surface area contributed by atoms with Gasteiger partial charge in [-0.25, -0.2) is 0 Å². The summed E-state index contributed by atoms with van der Waals surface area (Å²) in [5, 5.41) is 3.83. The molecule has 0 aliphatic heterocycles. The summed E-state index contributed by atoms with van der Waals surface area (Å²) in [6, 6.07) is 32.2. The third-order valence-corrected chi connectivity index (χ3v) is 4.24. The minimum Gasteiger partial charge on any atom is -0.299 e. The lowest BCUT2D eigenvalue weighted by molar-refractivity contribution is 0.489. The van der Waals surface area contributed by atoms with E-state index >= 15 is 0 Å². The van der Waals surface area contributed by atoms with E-state index in [1.165, 1.54) is 16.7 Å². The number of hydrogen-bond donors (Lipinski definition) is 1. The van der Waals surface area contributed by atoms with Crippen LogP contribution in [0.5, 0.6) is 0 Å². The van der Waals surface area contributed by atoms with Crippen molar-refractivity contribution in [1.82, 2.24) is 5.32 Å². The van der Waals surface area contributed by atoms with Gasteiger partial charge in [0.2, 0.25) is 0 Å². The van der Waals surface area contributed by atoms with Gasteiger partial charge < -0.3 is 0 Å². The Morgan fingerprint density at radius 2 is 1.08 bits per heavy atom. The first-order valence-corrected chi connectivity index (χ1v) is 8.40. The molecule has 1 unspecified atom stereocenters. The van der Waals surface area contributed by atoms with Crippen molar-refractivity contribution in [3.8, 4) is 0 Å². The minimum atomic E-state index is 0.151. The average molecular weight is 313 g/mol. The first-order chi connectivity index (χ1) is 11.9. The summed E-state index contributed by atoms with van der Waals surface area (Å²) in [7, 11) is 0. The Morgan fingerprint density at radius 3 is 1.50 bits per heavy atom. The van der Waals surface area contributed by atoms with Crippen molar-refractivity contribution in [2.45, 2.75) is 18.5 Å². The highest BCUT2D eigenvalue weighted by atomic mass is 15.0. The van der Waals surface area contributed by atoms with Crippen LogP contribution in [-0.2, 0) is 0 Å².